The van der Waals surface area contributed by atoms with Crippen LogP contribution in [0.25, 0.3) is 38.2 Å². The monoisotopic (exact) mass is 492 g/mol. The number of aliphatic hydroxyl groups is 5. The molecule has 184 valence electrons. The minimum absolute atomic E-state index is 0.124. The molecule has 0 saturated carbocycles. The van der Waals surface area contributed by atoms with Crippen molar-refractivity contribution in [3.63, 3.8) is 0 Å². The number of hydrogen-bond acceptors (Lipinski definition) is 10. The van der Waals surface area contributed by atoms with Crippen molar-refractivity contribution in [2.75, 3.05) is 0 Å². The normalized spacial score (nSPS) is 18.4. The molecular formula is C26H20O10. The summed E-state index contributed by atoms with van der Waals surface area (Å²) in [5.74, 6) is -7.93. The molecule has 0 saturated heterocycles. The van der Waals surface area contributed by atoms with Crippen LogP contribution >= 0.6 is 0 Å². The van der Waals surface area contributed by atoms with E-state index in [4.69, 9.17) is 0 Å². The van der Waals surface area contributed by atoms with Gasteiger partial charge < -0.3 is 51.1 Å². The third-order valence-electron chi connectivity index (χ3n) is 6.42. The van der Waals surface area contributed by atoms with Crippen molar-refractivity contribution < 1.29 is 51.1 Å². The molecule has 2 atom stereocenters. The first-order valence-electron chi connectivity index (χ1n) is 10.6. The van der Waals surface area contributed by atoms with Gasteiger partial charge in [-0.1, -0.05) is 48.5 Å². The number of benzene rings is 4. The maximum absolute atomic E-state index is 10.8. The van der Waals surface area contributed by atoms with Crippen LogP contribution in [0.5, 0.6) is 28.7 Å². The predicted octanol–water partition coefficient (Wildman–Crippen LogP) is 3.52. The van der Waals surface area contributed by atoms with Crippen LogP contribution in [-0.4, -0.2) is 63.3 Å². The molecule has 0 heterocycles. The van der Waals surface area contributed by atoms with Gasteiger partial charge in [0.25, 0.3) is 0 Å². The predicted molar refractivity (Wildman–Crippen MR) is 129 cm³/mol. The Bertz CT molecular complexity index is 1560. The van der Waals surface area contributed by atoms with Crippen molar-refractivity contribution in [3.05, 3.63) is 71.4 Å². The molecule has 4 aromatic rings. The van der Waals surface area contributed by atoms with Gasteiger partial charge in [-0.25, -0.2) is 0 Å². The Morgan fingerprint density at radius 1 is 0.417 bits per heavy atom. The molecule has 0 amide bonds. The lowest BCUT2D eigenvalue weighted by molar-refractivity contribution is 0.0374. The number of phenols is 5. The third kappa shape index (κ3) is 2.92. The molecule has 1 aliphatic rings. The first-order chi connectivity index (χ1) is 17.1. The highest BCUT2D eigenvalue weighted by molar-refractivity contribution is 6.20. The van der Waals surface area contributed by atoms with E-state index >= 15 is 0 Å². The van der Waals surface area contributed by atoms with Gasteiger partial charge in [0.15, 0.2) is 28.8 Å². The van der Waals surface area contributed by atoms with E-state index in [0.29, 0.717) is 21.5 Å². The van der Waals surface area contributed by atoms with Gasteiger partial charge in [0.1, 0.15) is 12.2 Å². The topological polar surface area (TPSA) is 202 Å². The minimum Gasteiger partial charge on any atom is -0.506 e. The number of phenolic OH excluding ortho intramolecular Hbond substituents is 5. The zero-order valence-electron chi connectivity index (χ0n) is 18.2. The quantitative estimate of drug-likeness (QED) is 0.112. The van der Waals surface area contributed by atoms with Crippen molar-refractivity contribution in [1.82, 2.24) is 0 Å². The molecule has 2 unspecified atom stereocenters. The summed E-state index contributed by atoms with van der Waals surface area (Å²) in [5.41, 5.74) is -0.399. The van der Waals surface area contributed by atoms with E-state index in [1.165, 1.54) is 0 Å². The Balaban J connectivity index is 2.03. The molecule has 5 rings (SSSR count). The van der Waals surface area contributed by atoms with Crippen LogP contribution in [0.3, 0.4) is 0 Å². The molecule has 0 aliphatic heterocycles. The number of aromatic hydroxyl groups is 5. The standard InChI is InChI=1S/C26H20O10/c27-17-15(18(28)22(32)25(35)21(17)31)13-9-5-1-2-6-10(9)14(12-8-4-3-7-11(12)13)16-19(29)23(33)26(36)24(34)20(16)30/h1-8,17,21,27-36H. The Hall–Kier alpha value is -4.80. The Kier molecular flexibility index (Phi) is 5.02. The number of rotatable bonds is 2. The van der Waals surface area contributed by atoms with E-state index < -0.39 is 63.8 Å². The van der Waals surface area contributed by atoms with E-state index in [0.717, 1.165) is 0 Å². The molecule has 1 aliphatic carbocycles. The first kappa shape index (κ1) is 23.0. The van der Waals surface area contributed by atoms with E-state index in [-0.39, 0.29) is 16.7 Å². The van der Waals surface area contributed by atoms with Crippen LogP contribution < -0.4 is 0 Å². The zero-order chi connectivity index (χ0) is 26.0. The molecule has 0 radical (unpaired) electrons. The Labute approximate surface area is 202 Å². The summed E-state index contributed by atoms with van der Waals surface area (Å²) in [6.45, 7) is 0. The van der Waals surface area contributed by atoms with Gasteiger partial charge in [0.05, 0.1) is 5.56 Å². The Morgan fingerprint density at radius 2 is 0.806 bits per heavy atom. The molecule has 36 heavy (non-hydrogen) atoms. The summed E-state index contributed by atoms with van der Waals surface area (Å²) in [6, 6.07) is 12.7. The molecule has 10 N–H and O–H groups in total. The van der Waals surface area contributed by atoms with Crippen LogP contribution in [0, 0.1) is 0 Å². The van der Waals surface area contributed by atoms with Gasteiger partial charge in [0, 0.05) is 11.1 Å². The summed E-state index contributed by atoms with van der Waals surface area (Å²) in [4.78, 5) is 0. The van der Waals surface area contributed by atoms with E-state index in [2.05, 4.69) is 0 Å². The Morgan fingerprint density at radius 3 is 1.25 bits per heavy atom. The fraction of sp³-hybridized carbons (Fsp3) is 0.0769. The summed E-state index contributed by atoms with van der Waals surface area (Å²) >= 11 is 0. The molecular weight excluding hydrogens is 472 g/mol. The van der Waals surface area contributed by atoms with Gasteiger partial charge in [-0.2, -0.15) is 0 Å². The van der Waals surface area contributed by atoms with Gasteiger partial charge >= 0.3 is 0 Å². The fourth-order valence-corrected chi connectivity index (χ4v) is 4.71. The lowest BCUT2D eigenvalue weighted by Gasteiger charge is -2.29. The van der Waals surface area contributed by atoms with Crippen LogP contribution in [0.15, 0.2) is 65.8 Å². The lowest BCUT2D eigenvalue weighted by atomic mass is 9.81. The van der Waals surface area contributed by atoms with Crippen LogP contribution in [-0.2, 0) is 0 Å². The van der Waals surface area contributed by atoms with Crippen molar-refractivity contribution in [1.29, 1.82) is 0 Å². The van der Waals surface area contributed by atoms with Crippen LogP contribution in [0.1, 0.15) is 5.56 Å². The van der Waals surface area contributed by atoms with Crippen molar-refractivity contribution in [2.24, 2.45) is 0 Å². The van der Waals surface area contributed by atoms with Crippen LogP contribution in [0.2, 0.25) is 0 Å². The highest BCUT2D eigenvalue weighted by atomic mass is 16.4. The fourth-order valence-electron chi connectivity index (χ4n) is 4.71. The van der Waals surface area contributed by atoms with E-state index in [9.17, 15) is 51.1 Å². The van der Waals surface area contributed by atoms with Gasteiger partial charge in [-0.05, 0) is 27.1 Å². The van der Waals surface area contributed by atoms with Crippen molar-refractivity contribution >= 4 is 27.1 Å². The maximum Gasteiger partial charge on any atom is 0.208 e. The van der Waals surface area contributed by atoms with E-state index in [1.54, 1.807) is 48.5 Å². The summed E-state index contributed by atoms with van der Waals surface area (Å²) in [7, 11) is 0. The average molecular weight is 492 g/mol. The third-order valence-corrected chi connectivity index (χ3v) is 6.42. The molecule has 0 aromatic heterocycles. The highest BCUT2D eigenvalue weighted by Gasteiger charge is 2.38. The van der Waals surface area contributed by atoms with Crippen molar-refractivity contribution in [3.8, 4) is 39.9 Å². The van der Waals surface area contributed by atoms with E-state index in [1.807, 2.05) is 0 Å². The van der Waals surface area contributed by atoms with Gasteiger partial charge in [-0.3, -0.25) is 0 Å². The van der Waals surface area contributed by atoms with Gasteiger partial charge in [-0.15, -0.1) is 0 Å². The average Bonchev–Trinajstić information content (AvgIpc) is 2.89. The van der Waals surface area contributed by atoms with Crippen molar-refractivity contribution in [2.45, 2.75) is 12.2 Å². The molecule has 0 fully saturated rings. The maximum atomic E-state index is 10.8. The molecule has 10 heteroatoms. The first-order valence-corrected chi connectivity index (χ1v) is 10.6. The second-order valence-electron chi connectivity index (χ2n) is 8.35. The second-order valence-corrected chi connectivity index (χ2v) is 8.35. The summed E-state index contributed by atoms with van der Waals surface area (Å²) < 4.78 is 0. The number of hydrogen-bond donors (Lipinski definition) is 10. The van der Waals surface area contributed by atoms with Gasteiger partial charge in [0.2, 0.25) is 17.2 Å². The number of fused-ring (bicyclic) bond motifs is 2. The van der Waals surface area contributed by atoms with Crippen LogP contribution in [0.4, 0.5) is 0 Å². The molecule has 10 nitrogen and oxygen atoms in total. The molecule has 0 bridgehead atoms. The SMILES string of the molecule is OC1=C(O)C(O)C(O)C(c2c3ccccc3c(-c3c(O)c(O)c(O)c(O)c3O)c3ccccc23)=C1O. The number of aliphatic hydroxyl groups excluding tert-OH is 5. The molecule has 4 aromatic carbocycles. The largest absolute Gasteiger partial charge is 0.506 e. The zero-order valence-corrected chi connectivity index (χ0v) is 18.2. The lowest BCUT2D eigenvalue weighted by Crippen LogP contribution is -2.34. The second kappa shape index (κ2) is 7.87. The molecule has 0 spiro atoms. The summed E-state index contributed by atoms with van der Waals surface area (Å²) in [5, 5.41) is 105. The highest BCUT2D eigenvalue weighted by Crippen LogP contribution is 2.57. The smallest absolute Gasteiger partial charge is 0.208 e. The summed E-state index contributed by atoms with van der Waals surface area (Å²) in [6.07, 6.45) is -3.78. The minimum atomic E-state index is -1.94.